The lowest BCUT2D eigenvalue weighted by Gasteiger charge is -2.14. The predicted molar refractivity (Wildman–Crippen MR) is 78.4 cm³/mol. The Hall–Kier alpha value is -1.90. The monoisotopic (exact) mass is 256 g/mol. The minimum Gasteiger partial charge on any atom is -0.293 e. The van der Waals surface area contributed by atoms with Gasteiger partial charge in [-0.2, -0.15) is 0 Å². The zero-order chi connectivity index (χ0) is 13.8. The molecule has 0 spiro atoms. The summed E-state index contributed by atoms with van der Waals surface area (Å²) in [7, 11) is 0. The van der Waals surface area contributed by atoms with E-state index in [0.29, 0.717) is 6.54 Å². The number of aromatic nitrogens is 2. The molecule has 0 aliphatic rings. The lowest BCUT2D eigenvalue weighted by Crippen LogP contribution is -2.27. The molecule has 0 saturated heterocycles. The number of rotatable bonds is 4. The molecule has 0 aliphatic carbocycles. The van der Waals surface area contributed by atoms with Crippen LogP contribution in [-0.2, 0) is 19.4 Å². The summed E-state index contributed by atoms with van der Waals surface area (Å²) in [4.78, 5) is 17.3. The maximum Gasteiger partial charge on any atom is 0.257 e. The van der Waals surface area contributed by atoms with Gasteiger partial charge in [-0.3, -0.25) is 9.36 Å². The van der Waals surface area contributed by atoms with Crippen molar-refractivity contribution in [3.05, 3.63) is 51.9 Å². The molecule has 0 saturated carbocycles. The summed E-state index contributed by atoms with van der Waals surface area (Å²) in [6, 6.07) is 9.92. The van der Waals surface area contributed by atoms with Crippen LogP contribution in [0.2, 0.25) is 0 Å². The lowest BCUT2D eigenvalue weighted by atomic mass is 10.1. The van der Waals surface area contributed by atoms with Crippen LogP contribution in [0.25, 0.3) is 11.4 Å². The fourth-order valence-electron chi connectivity index (χ4n) is 2.39. The van der Waals surface area contributed by atoms with Gasteiger partial charge in [-0.25, -0.2) is 4.98 Å². The molecule has 100 valence electrons. The fraction of sp³-hybridized carbons (Fsp3) is 0.375. The zero-order valence-electron chi connectivity index (χ0n) is 11.8. The van der Waals surface area contributed by atoms with E-state index in [9.17, 15) is 4.79 Å². The molecule has 2 aromatic rings. The second-order valence-corrected chi connectivity index (χ2v) is 4.48. The van der Waals surface area contributed by atoms with Crippen LogP contribution >= 0.6 is 0 Å². The van der Waals surface area contributed by atoms with Crippen LogP contribution < -0.4 is 5.56 Å². The Kier molecular flexibility index (Phi) is 4.15. The van der Waals surface area contributed by atoms with Gasteiger partial charge in [0, 0.05) is 17.7 Å². The molecule has 0 atom stereocenters. The van der Waals surface area contributed by atoms with E-state index in [2.05, 4.69) is 0 Å². The van der Waals surface area contributed by atoms with Crippen molar-refractivity contribution in [2.45, 2.75) is 40.2 Å². The van der Waals surface area contributed by atoms with Crippen molar-refractivity contribution in [3.63, 3.8) is 0 Å². The van der Waals surface area contributed by atoms with Crippen LogP contribution in [0.5, 0.6) is 0 Å². The van der Waals surface area contributed by atoms with Gasteiger partial charge in [0.1, 0.15) is 5.82 Å². The van der Waals surface area contributed by atoms with Gasteiger partial charge in [0.15, 0.2) is 0 Å². The second kappa shape index (κ2) is 5.83. The molecule has 0 radical (unpaired) electrons. The SMILES string of the molecule is CCc1nc(-c2ccccc2)n(CC)c(=O)c1CC. The van der Waals surface area contributed by atoms with Gasteiger partial charge in [-0.05, 0) is 19.8 Å². The number of aryl methyl sites for hydroxylation is 1. The summed E-state index contributed by atoms with van der Waals surface area (Å²) >= 11 is 0. The van der Waals surface area contributed by atoms with E-state index in [1.54, 1.807) is 4.57 Å². The number of hydrogen-bond donors (Lipinski definition) is 0. The Balaban J connectivity index is 2.74. The van der Waals surface area contributed by atoms with E-state index >= 15 is 0 Å². The second-order valence-electron chi connectivity index (χ2n) is 4.48. The van der Waals surface area contributed by atoms with Crippen molar-refractivity contribution in [1.82, 2.24) is 9.55 Å². The zero-order valence-corrected chi connectivity index (χ0v) is 11.8. The molecule has 1 heterocycles. The summed E-state index contributed by atoms with van der Waals surface area (Å²) in [5.74, 6) is 0.780. The summed E-state index contributed by atoms with van der Waals surface area (Å²) in [5, 5.41) is 0. The highest BCUT2D eigenvalue weighted by Gasteiger charge is 2.14. The Morgan fingerprint density at radius 1 is 1.05 bits per heavy atom. The highest BCUT2D eigenvalue weighted by molar-refractivity contribution is 5.55. The number of nitrogens with zero attached hydrogens (tertiary/aromatic N) is 2. The van der Waals surface area contributed by atoms with Crippen LogP contribution in [0.15, 0.2) is 35.1 Å². The lowest BCUT2D eigenvalue weighted by molar-refractivity contribution is 0.693. The molecule has 0 fully saturated rings. The third kappa shape index (κ3) is 2.46. The highest BCUT2D eigenvalue weighted by atomic mass is 16.1. The number of benzene rings is 1. The largest absolute Gasteiger partial charge is 0.293 e. The normalized spacial score (nSPS) is 10.7. The summed E-state index contributed by atoms with van der Waals surface area (Å²) < 4.78 is 1.77. The minimum atomic E-state index is 0.107. The Morgan fingerprint density at radius 2 is 1.74 bits per heavy atom. The van der Waals surface area contributed by atoms with Gasteiger partial charge in [0.2, 0.25) is 0 Å². The molecule has 0 unspecified atom stereocenters. The van der Waals surface area contributed by atoms with E-state index in [1.807, 2.05) is 51.1 Å². The van der Waals surface area contributed by atoms with E-state index in [1.165, 1.54) is 0 Å². The average molecular weight is 256 g/mol. The number of hydrogen-bond acceptors (Lipinski definition) is 2. The minimum absolute atomic E-state index is 0.107. The molecule has 3 nitrogen and oxygen atoms in total. The van der Waals surface area contributed by atoms with Gasteiger partial charge >= 0.3 is 0 Å². The first-order chi connectivity index (χ1) is 9.22. The van der Waals surface area contributed by atoms with Crippen LogP contribution in [0.3, 0.4) is 0 Å². The smallest absolute Gasteiger partial charge is 0.257 e. The van der Waals surface area contributed by atoms with E-state index in [-0.39, 0.29) is 5.56 Å². The van der Waals surface area contributed by atoms with Gasteiger partial charge in [0.05, 0.1) is 5.69 Å². The van der Waals surface area contributed by atoms with E-state index < -0.39 is 0 Å². The summed E-state index contributed by atoms with van der Waals surface area (Å²) in [6.07, 6.45) is 1.53. The standard InChI is InChI=1S/C16H20N2O/c1-4-13-14(5-2)17-15(18(6-3)16(13)19)12-10-8-7-9-11-12/h7-11H,4-6H2,1-3H3. The molecule has 19 heavy (non-hydrogen) atoms. The van der Waals surface area contributed by atoms with Crippen molar-refractivity contribution < 1.29 is 0 Å². The predicted octanol–water partition coefficient (Wildman–Crippen LogP) is 3.06. The maximum atomic E-state index is 12.5. The van der Waals surface area contributed by atoms with Crippen molar-refractivity contribution in [2.75, 3.05) is 0 Å². The highest BCUT2D eigenvalue weighted by Crippen LogP contribution is 2.17. The van der Waals surface area contributed by atoms with E-state index in [0.717, 1.165) is 35.5 Å². The molecular weight excluding hydrogens is 236 g/mol. The first-order valence-corrected chi connectivity index (χ1v) is 6.90. The molecule has 0 amide bonds. The maximum absolute atomic E-state index is 12.5. The summed E-state index contributed by atoms with van der Waals surface area (Å²) in [5.41, 5.74) is 2.88. The first kappa shape index (κ1) is 13.5. The molecule has 0 N–H and O–H groups in total. The quantitative estimate of drug-likeness (QED) is 0.842. The van der Waals surface area contributed by atoms with Crippen LogP contribution in [0.1, 0.15) is 32.0 Å². The molecule has 2 rings (SSSR count). The van der Waals surface area contributed by atoms with Gasteiger partial charge in [-0.1, -0.05) is 44.2 Å². The van der Waals surface area contributed by atoms with Crippen molar-refractivity contribution >= 4 is 0 Å². The third-order valence-electron chi connectivity index (χ3n) is 3.38. The summed E-state index contributed by atoms with van der Waals surface area (Å²) in [6.45, 7) is 6.69. The van der Waals surface area contributed by atoms with Gasteiger partial charge < -0.3 is 0 Å². The van der Waals surface area contributed by atoms with Crippen molar-refractivity contribution in [2.24, 2.45) is 0 Å². The van der Waals surface area contributed by atoms with Crippen LogP contribution in [0.4, 0.5) is 0 Å². The van der Waals surface area contributed by atoms with Crippen molar-refractivity contribution in [3.8, 4) is 11.4 Å². The van der Waals surface area contributed by atoms with Crippen LogP contribution in [-0.4, -0.2) is 9.55 Å². The molecule has 3 heteroatoms. The molecular formula is C16H20N2O. The van der Waals surface area contributed by atoms with Crippen LogP contribution in [0, 0.1) is 0 Å². The first-order valence-electron chi connectivity index (χ1n) is 6.90. The van der Waals surface area contributed by atoms with Gasteiger partial charge in [-0.15, -0.1) is 0 Å². The molecule has 0 bridgehead atoms. The fourth-order valence-corrected chi connectivity index (χ4v) is 2.39. The Bertz CT molecular complexity index is 615. The third-order valence-corrected chi connectivity index (χ3v) is 3.38. The molecule has 1 aromatic heterocycles. The van der Waals surface area contributed by atoms with Gasteiger partial charge in [0.25, 0.3) is 5.56 Å². The Morgan fingerprint density at radius 3 is 2.26 bits per heavy atom. The topological polar surface area (TPSA) is 34.9 Å². The molecule has 0 aliphatic heterocycles. The Labute approximate surface area is 113 Å². The van der Waals surface area contributed by atoms with E-state index in [4.69, 9.17) is 4.98 Å². The molecule has 1 aromatic carbocycles. The van der Waals surface area contributed by atoms with Crippen molar-refractivity contribution in [1.29, 1.82) is 0 Å². The average Bonchev–Trinajstić information content (AvgIpc) is 2.47.